The maximum Gasteiger partial charge on any atom is 0.122 e. The monoisotopic (exact) mass is 240 g/mol. The van der Waals surface area contributed by atoms with E-state index in [1.54, 1.807) is 0 Å². The molecule has 0 atom stereocenters. The fraction of sp³-hybridized carbons (Fsp3) is 0.294. The quantitative estimate of drug-likeness (QED) is 0.753. The Hall–Kier alpha value is -1.76. The molecule has 0 aliphatic carbocycles. The third-order valence-corrected chi connectivity index (χ3v) is 3.15. The zero-order chi connectivity index (χ0) is 12.8. The molecule has 0 unspecified atom stereocenters. The summed E-state index contributed by atoms with van der Waals surface area (Å²) < 4.78 is 5.91. The molecule has 0 amide bonds. The lowest BCUT2D eigenvalue weighted by Gasteiger charge is -2.10. The van der Waals surface area contributed by atoms with Gasteiger partial charge in [0.1, 0.15) is 12.4 Å². The molecule has 2 aromatic carbocycles. The molecule has 1 heteroatoms. The van der Waals surface area contributed by atoms with E-state index in [0.717, 1.165) is 18.6 Å². The highest BCUT2D eigenvalue weighted by molar-refractivity contribution is 5.33. The fourth-order valence-corrected chi connectivity index (χ4v) is 2.04. The van der Waals surface area contributed by atoms with Crippen molar-refractivity contribution < 1.29 is 4.74 Å². The minimum atomic E-state index is 0.644. The third-order valence-electron chi connectivity index (χ3n) is 3.15. The zero-order valence-corrected chi connectivity index (χ0v) is 11.1. The Morgan fingerprint density at radius 1 is 0.833 bits per heavy atom. The van der Waals surface area contributed by atoms with Crippen molar-refractivity contribution in [2.75, 3.05) is 0 Å². The summed E-state index contributed by atoms with van der Waals surface area (Å²) in [7, 11) is 0. The molecule has 0 aromatic heterocycles. The summed E-state index contributed by atoms with van der Waals surface area (Å²) in [6.07, 6.45) is 2.07. The summed E-state index contributed by atoms with van der Waals surface area (Å²) in [6.45, 7) is 4.97. The molecule has 2 aromatic rings. The Kier molecular flexibility index (Phi) is 4.40. The molecule has 18 heavy (non-hydrogen) atoms. The van der Waals surface area contributed by atoms with Crippen LogP contribution in [0.15, 0.2) is 48.5 Å². The summed E-state index contributed by atoms with van der Waals surface area (Å²) in [5.41, 5.74) is 3.87. The molecule has 0 heterocycles. The predicted octanol–water partition coefficient (Wildman–Crippen LogP) is 4.39. The van der Waals surface area contributed by atoms with Gasteiger partial charge in [0, 0.05) is 0 Å². The Balaban J connectivity index is 2.06. The highest BCUT2D eigenvalue weighted by Gasteiger charge is 2.01. The lowest BCUT2D eigenvalue weighted by Crippen LogP contribution is -1.98. The van der Waals surface area contributed by atoms with E-state index in [1.807, 2.05) is 12.1 Å². The second-order valence-electron chi connectivity index (χ2n) is 4.42. The Morgan fingerprint density at radius 2 is 1.61 bits per heavy atom. The topological polar surface area (TPSA) is 9.23 Å². The normalized spacial score (nSPS) is 10.3. The van der Waals surface area contributed by atoms with Crippen LogP contribution in [0.1, 0.15) is 30.5 Å². The van der Waals surface area contributed by atoms with Gasteiger partial charge in [0.05, 0.1) is 0 Å². The highest BCUT2D eigenvalue weighted by Crippen LogP contribution is 2.19. The van der Waals surface area contributed by atoms with Crippen LogP contribution in [-0.2, 0) is 19.4 Å². The molecule has 0 spiro atoms. The van der Waals surface area contributed by atoms with Crippen molar-refractivity contribution in [2.45, 2.75) is 33.3 Å². The van der Waals surface area contributed by atoms with Gasteiger partial charge in [-0.3, -0.25) is 0 Å². The smallest absolute Gasteiger partial charge is 0.122 e. The first-order valence-electron chi connectivity index (χ1n) is 6.62. The maximum atomic E-state index is 5.91. The van der Waals surface area contributed by atoms with Crippen LogP contribution in [0.3, 0.4) is 0 Å². The van der Waals surface area contributed by atoms with Gasteiger partial charge in [-0.15, -0.1) is 0 Å². The number of hydrogen-bond acceptors (Lipinski definition) is 1. The van der Waals surface area contributed by atoms with E-state index >= 15 is 0 Å². The lowest BCUT2D eigenvalue weighted by atomic mass is 10.1. The van der Waals surface area contributed by atoms with Crippen molar-refractivity contribution in [2.24, 2.45) is 0 Å². The van der Waals surface area contributed by atoms with Gasteiger partial charge in [0.25, 0.3) is 0 Å². The Bertz CT molecular complexity index is 502. The number of rotatable bonds is 5. The van der Waals surface area contributed by atoms with Crippen LogP contribution in [0.5, 0.6) is 5.75 Å². The van der Waals surface area contributed by atoms with Gasteiger partial charge >= 0.3 is 0 Å². The molecule has 0 saturated carbocycles. The first kappa shape index (κ1) is 12.7. The fourth-order valence-electron chi connectivity index (χ4n) is 2.04. The number of aryl methyl sites for hydroxylation is 2. The van der Waals surface area contributed by atoms with Crippen molar-refractivity contribution in [1.82, 2.24) is 0 Å². The Labute approximate surface area is 109 Å². The standard InChI is InChI=1S/C17H20O/c1-3-14-8-7-9-15(12-14)13-18-17-11-6-5-10-16(17)4-2/h5-12H,3-4,13H2,1-2H3. The highest BCUT2D eigenvalue weighted by atomic mass is 16.5. The molecule has 0 saturated heterocycles. The lowest BCUT2D eigenvalue weighted by molar-refractivity contribution is 0.303. The SMILES string of the molecule is CCc1cccc(COc2ccccc2CC)c1. The summed E-state index contributed by atoms with van der Waals surface area (Å²) in [5, 5.41) is 0. The van der Waals surface area contributed by atoms with E-state index in [1.165, 1.54) is 16.7 Å². The second kappa shape index (κ2) is 6.25. The van der Waals surface area contributed by atoms with E-state index < -0.39 is 0 Å². The first-order chi connectivity index (χ1) is 8.83. The van der Waals surface area contributed by atoms with Crippen molar-refractivity contribution in [3.63, 3.8) is 0 Å². The zero-order valence-electron chi connectivity index (χ0n) is 11.1. The van der Waals surface area contributed by atoms with Gasteiger partial charge in [-0.1, -0.05) is 56.3 Å². The minimum Gasteiger partial charge on any atom is -0.489 e. The number of benzene rings is 2. The van der Waals surface area contributed by atoms with Crippen LogP contribution in [0.25, 0.3) is 0 Å². The molecule has 1 nitrogen and oxygen atoms in total. The maximum absolute atomic E-state index is 5.91. The summed E-state index contributed by atoms with van der Waals surface area (Å²) in [5.74, 6) is 1.00. The van der Waals surface area contributed by atoms with Crippen LogP contribution >= 0.6 is 0 Å². The van der Waals surface area contributed by atoms with Gasteiger partial charge in [-0.2, -0.15) is 0 Å². The first-order valence-corrected chi connectivity index (χ1v) is 6.62. The van der Waals surface area contributed by atoms with Crippen molar-refractivity contribution >= 4 is 0 Å². The van der Waals surface area contributed by atoms with Crippen LogP contribution < -0.4 is 4.74 Å². The molecule has 94 valence electrons. The van der Waals surface area contributed by atoms with E-state index in [4.69, 9.17) is 4.74 Å². The summed E-state index contributed by atoms with van der Waals surface area (Å²) in [4.78, 5) is 0. The van der Waals surface area contributed by atoms with Crippen LogP contribution in [0, 0.1) is 0 Å². The second-order valence-corrected chi connectivity index (χ2v) is 4.42. The van der Waals surface area contributed by atoms with E-state index in [-0.39, 0.29) is 0 Å². The van der Waals surface area contributed by atoms with Gasteiger partial charge in [-0.25, -0.2) is 0 Å². The van der Waals surface area contributed by atoms with E-state index in [2.05, 4.69) is 50.2 Å². The molecule has 0 aliphatic rings. The van der Waals surface area contributed by atoms with Crippen molar-refractivity contribution in [1.29, 1.82) is 0 Å². The molecule has 0 N–H and O–H groups in total. The van der Waals surface area contributed by atoms with E-state index in [0.29, 0.717) is 6.61 Å². The van der Waals surface area contributed by atoms with Gasteiger partial charge in [0.15, 0.2) is 0 Å². The number of ether oxygens (including phenoxy) is 1. The molecule has 0 radical (unpaired) electrons. The molecule has 0 aliphatic heterocycles. The minimum absolute atomic E-state index is 0.644. The third kappa shape index (κ3) is 3.13. The average Bonchev–Trinajstić information content (AvgIpc) is 2.45. The van der Waals surface area contributed by atoms with E-state index in [9.17, 15) is 0 Å². The summed E-state index contributed by atoms with van der Waals surface area (Å²) in [6, 6.07) is 16.8. The van der Waals surface area contributed by atoms with Crippen LogP contribution in [0.4, 0.5) is 0 Å². The van der Waals surface area contributed by atoms with Gasteiger partial charge in [0.2, 0.25) is 0 Å². The molecular formula is C17H20O. The molecule has 0 fully saturated rings. The molecular weight excluding hydrogens is 220 g/mol. The number of hydrogen-bond donors (Lipinski definition) is 0. The van der Waals surface area contributed by atoms with Gasteiger partial charge < -0.3 is 4.74 Å². The number of para-hydroxylation sites is 1. The van der Waals surface area contributed by atoms with Crippen molar-refractivity contribution in [3.8, 4) is 5.75 Å². The van der Waals surface area contributed by atoms with Crippen LogP contribution in [0.2, 0.25) is 0 Å². The van der Waals surface area contributed by atoms with Gasteiger partial charge in [-0.05, 0) is 35.6 Å². The Morgan fingerprint density at radius 3 is 2.39 bits per heavy atom. The summed E-state index contributed by atoms with van der Waals surface area (Å²) >= 11 is 0. The molecule has 2 rings (SSSR count). The molecule has 0 bridgehead atoms. The van der Waals surface area contributed by atoms with Crippen LogP contribution in [-0.4, -0.2) is 0 Å². The predicted molar refractivity (Wildman–Crippen MR) is 76.0 cm³/mol. The average molecular weight is 240 g/mol. The van der Waals surface area contributed by atoms with Crippen molar-refractivity contribution in [3.05, 3.63) is 65.2 Å². The largest absolute Gasteiger partial charge is 0.489 e.